The molecule has 1 fully saturated rings. The molecule has 1 N–H and O–H groups in total. The molecule has 1 aliphatic heterocycles. The zero-order valence-electron chi connectivity index (χ0n) is 14.6. The van der Waals surface area contributed by atoms with Crippen LogP contribution < -0.4 is 15.1 Å². The Morgan fingerprint density at radius 3 is 2.96 bits per heavy atom. The van der Waals surface area contributed by atoms with Crippen molar-refractivity contribution in [3.05, 3.63) is 30.4 Å². The number of nitrogens with one attached hydrogen (secondary N) is 1. The van der Waals surface area contributed by atoms with E-state index in [-0.39, 0.29) is 0 Å². The van der Waals surface area contributed by atoms with Crippen LogP contribution in [0.3, 0.4) is 0 Å². The van der Waals surface area contributed by atoms with Crippen molar-refractivity contribution >= 4 is 17.6 Å². The van der Waals surface area contributed by atoms with Crippen LogP contribution in [0.15, 0.2) is 24.7 Å². The fourth-order valence-electron chi connectivity index (χ4n) is 2.91. The number of hydrogen-bond donors (Lipinski definition) is 1. The van der Waals surface area contributed by atoms with E-state index >= 15 is 0 Å². The highest BCUT2D eigenvalue weighted by Gasteiger charge is 2.21. The van der Waals surface area contributed by atoms with Crippen LogP contribution in [0.5, 0.6) is 0 Å². The van der Waals surface area contributed by atoms with Crippen LogP contribution >= 0.6 is 0 Å². The summed E-state index contributed by atoms with van der Waals surface area (Å²) < 4.78 is 0. The quantitative estimate of drug-likeness (QED) is 0.900. The molecule has 2 aromatic heterocycles. The molecule has 1 unspecified atom stereocenters. The Balaban J connectivity index is 1.68. The van der Waals surface area contributed by atoms with E-state index < -0.39 is 0 Å². The molecule has 0 aliphatic carbocycles. The third kappa shape index (κ3) is 3.90. The topological polar surface area (TPSA) is 70.1 Å². The molecule has 3 heterocycles. The highest BCUT2D eigenvalue weighted by Crippen LogP contribution is 2.20. The van der Waals surface area contributed by atoms with Gasteiger partial charge in [-0.15, -0.1) is 0 Å². The Kier molecular flexibility index (Phi) is 5.08. The molecule has 0 aromatic carbocycles. The number of anilines is 3. The molecule has 2 aromatic rings. The van der Waals surface area contributed by atoms with Crippen LogP contribution in [-0.2, 0) is 6.42 Å². The Labute approximate surface area is 143 Å². The number of piperidine rings is 1. The van der Waals surface area contributed by atoms with Crippen molar-refractivity contribution in [3.8, 4) is 0 Å². The number of hydrogen-bond acceptors (Lipinski definition) is 7. The highest BCUT2D eigenvalue weighted by atomic mass is 15.3. The standard InChI is InChI=1S/C17H25N7/c1-4-13-10-16(20-12-19-13)24-9-5-6-14(11-24)21-15-7-8-18-17(22-15)23(2)3/h7-8,10,12,14H,4-6,9,11H2,1-3H3,(H,18,21,22). The van der Waals surface area contributed by atoms with Gasteiger partial charge in [0, 0.05) is 51.2 Å². The molecule has 7 nitrogen and oxygen atoms in total. The first-order valence-electron chi connectivity index (χ1n) is 8.48. The lowest BCUT2D eigenvalue weighted by Gasteiger charge is -2.34. The summed E-state index contributed by atoms with van der Waals surface area (Å²) in [6.07, 6.45) is 6.65. The molecule has 0 bridgehead atoms. The van der Waals surface area contributed by atoms with Crippen molar-refractivity contribution in [2.24, 2.45) is 0 Å². The van der Waals surface area contributed by atoms with Crippen LogP contribution in [0.1, 0.15) is 25.5 Å². The maximum Gasteiger partial charge on any atom is 0.226 e. The number of rotatable bonds is 5. The molecule has 1 saturated heterocycles. The smallest absolute Gasteiger partial charge is 0.226 e. The van der Waals surface area contributed by atoms with Crippen molar-refractivity contribution in [2.75, 3.05) is 42.3 Å². The molecular formula is C17H25N7. The summed E-state index contributed by atoms with van der Waals surface area (Å²) in [5.41, 5.74) is 1.08. The van der Waals surface area contributed by atoms with Gasteiger partial charge in [-0.2, -0.15) is 4.98 Å². The molecule has 0 spiro atoms. The van der Waals surface area contributed by atoms with Gasteiger partial charge in [-0.1, -0.05) is 6.92 Å². The van der Waals surface area contributed by atoms with E-state index in [0.29, 0.717) is 6.04 Å². The normalized spacial score (nSPS) is 17.6. The van der Waals surface area contributed by atoms with E-state index in [2.05, 4.69) is 43.1 Å². The summed E-state index contributed by atoms with van der Waals surface area (Å²) in [6.45, 7) is 4.07. The average Bonchev–Trinajstić information content (AvgIpc) is 2.62. The maximum atomic E-state index is 4.55. The SMILES string of the molecule is CCc1cc(N2CCCC(Nc3ccnc(N(C)C)n3)C2)ncn1. The minimum Gasteiger partial charge on any atom is -0.365 e. The fourth-order valence-corrected chi connectivity index (χ4v) is 2.91. The Morgan fingerprint density at radius 1 is 1.29 bits per heavy atom. The minimum atomic E-state index is 0.351. The van der Waals surface area contributed by atoms with Crippen LogP contribution in [-0.4, -0.2) is 53.2 Å². The Bertz CT molecular complexity index is 673. The van der Waals surface area contributed by atoms with Crippen molar-refractivity contribution in [1.29, 1.82) is 0 Å². The third-order valence-corrected chi connectivity index (χ3v) is 4.21. The number of aryl methyl sites for hydroxylation is 1. The second-order valence-electron chi connectivity index (χ2n) is 6.29. The zero-order valence-corrected chi connectivity index (χ0v) is 14.6. The summed E-state index contributed by atoms with van der Waals surface area (Å²) in [4.78, 5) is 21.8. The highest BCUT2D eigenvalue weighted by molar-refractivity contribution is 5.44. The summed E-state index contributed by atoms with van der Waals surface area (Å²) in [7, 11) is 3.89. The van der Waals surface area contributed by atoms with Crippen LogP contribution in [0, 0.1) is 0 Å². The van der Waals surface area contributed by atoms with Gasteiger partial charge in [0.05, 0.1) is 0 Å². The van der Waals surface area contributed by atoms with Crippen LogP contribution in [0.4, 0.5) is 17.6 Å². The second-order valence-corrected chi connectivity index (χ2v) is 6.29. The lowest BCUT2D eigenvalue weighted by Crippen LogP contribution is -2.42. The van der Waals surface area contributed by atoms with Crippen molar-refractivity contribution in [2.45, 2.75) is 32.2 Å². The third-order valence-electron chi connectivity index (χ3n) is 4.21. The summed E-state index contributed by atoms with van der Waals surface area (Å²) >= 11 is 0. The van der Waals surface area contributed by atoms with Crippen molar-refractivity contribution in [1.82, 2.24) is 19.9 Å². The zero-order chi connectivity index (χ0) is 16.9. The van der Waals surface area contributed by atoms with Crippen molar-refractivity contribution < 1.29 is 0 Å². The van der Waals surface area contributed by atoms with Gasteiger partial charge in [0.15, 0.2) is 0 Å². The monoisotopic (exact) mass is 327 g/mol. The van der Waals surface area contributed by atoms with Gasteiger partial charge in [0.1, 0.15) is 18.0 Å². The molecule has 128 valence electrons. The molecule has 24 heavy (non-hydrogen) atoms. The average molecular weight is 327 g/mol. The molecule has 7 heteroatoms. The largest absolute Gasteiger partial charge is 0.365 e. The van der Waals surface area contributed by atoms with Gasteiger partial charge in [-0.25, -0.2) is 15.0 Å². The van der Waals surface area contributed by atoms with Crippen LogP contribution in [0.2, 0.25) is 0 Å². The van der Waals surface area contributed by atoms with Crippen LogP contribution in [0.25, 0.3) is 0 Å². The van der Waals surface area contributed by atoms with Gasteiger partial charge < -0.3 is 15.1 Å². The molecule has 0 radical (unpaired) electrons. The van der Waals surface area contributed by atoms with Gasteiger partial charge >= 0.3 is 0 Å². The van der Waals surface area contributed by atoms with Gasteiger partial charge in [0.2, 0.25) is 5.95 Å². The summed E-state index contributed by atoms with van der Waals surface area (Å²) in [5, 5.41) is 3.54. The van der Waals surface area contributed by atoms with E-state index in [1.807, 2.05) is 25.1 Å². The minimum absolute atomic E-state index is 0.351. The van der Waals surface area contributed by atoms with E-state index in [1.54, 1.807) is 12.5 Å². The van der Waals surface area contributed by atoms with Crippen molar-refractivity contribution in [3.63, 3.8) is 0 Å². The predicted octanol–water partition coefficient (Wildman–Crippen LogP) is 1.98. The molecule has 1 atom stereocenters. The first-order chi connectivity index (χ1) is 11.7. The fraction of sp³-hybridized carbons (Fsp3) is 0.529. The van der Waals surface area contributed by atoms with Gasteiger partial charge in [-0.05, 0) is 25.3 Å². The van der Waals surface area contributed by atoms with Gasteiger partial charge in [0.25, 0.3) is 0 Å². The van der Waals surface area contributed by atoms with E-state index in [9.17, 15) is 0 Å². The second kappa shape index (κ2) is 7.42. The molecule has 0 saturated carbocycles. The summed E-state index contributed by atoms with van der Waals surface area (Å²) in [5.74, 6) is 2.61. The summed E-state index contributed by atoms with van der Waals surface area (Å²) in [6, 6.07) is 4.37. The lowest BCUT2D eigenvalue weighted by atomic mass is 10.1. The lowest BCUT2D eigenvalue weighted by molar-refractivity contribution is 0.525. The Morgan fingerprint density at radius 2 is 2.17 bits per heavy atom. The first-order valence-corrected chi connectivity index (χ1v) is 8.48. The molecule has 1 aliphatic rings. The van der Waals surface area contributed by atoms with E-state index in [4.69, 9.17) is 0 Å². The molecule has 3 rings (SSSR count). The predicted molar refractivity (Wildman–Crippen MR) is 96.6 cm³/mol. The number of nitrogens with zero attached hydrogens (tertiary/aromatic N) is 6. The Hall–Kier alpha value is -2.44. The van der Waals surface area contributed by atoms with E-state index in [0.717, 1.165) is 55.6 Å². The number of aromatic nitrogens is 4. The van der Waals surface area contributed by atoms with Gasteiger partial charge in [-0.3, -0.25) is 0 Å². The first kappa shape index (κ1) is 16.4. The van der Waals surface area contributed by atoms with E-state index in [1.165, 1.54) is 0 Å². The maximum absolute atomic E-state index is 4.55. The molecule has 0 amide bonds. The molecular weight excluding hydrogens is 302 g/mol.